The Morgan fingerprint density at radius 1 is 1.05 bits per heavy atom. The van der Waals surface area contributed by atoms with Crippen LogP contribution in [0.4, 0.5) is 11.4 Å². The molecule has 2 aromatic rings. The summed E-state index contributed by atoms with van der Waals surface area (Å²) in [6.07, 6.45) is 0. The molecule has 0 spiro atoms. The summed E-state index contributed by atoms with van der Waals surface area (Å²) in [5.41, 5.74) is 10.9. The minimum absolute atomic E-state index is 0.0897. The fourth-order valence-corrected chi connectivity index (χ4v) is 2.28. The van der Waals surface area contributed by atoms with Crippen molar-refractivity contribution in [3.63, 3.8) is 0 Å². The molecule has 0 atom stereocenters. The van der Waals surface area contributed by atoms with E-state index in [-0.39, 0.29) is 5.84 Å². The maximum absolute atomic E-state index is 7.67. The Balaban J connectivity index is 2.49. The number of hydrogen-bond donors (Lipinski definition) is 2. The summed E-state index contributed by atoms with van der Waals surface area (Å²) in [6, 6.07) is 14.1. The summed E-state index contributed by atoms with van der Waals surface area (Å²) in [7, 11) is 2.00. The predicted octanol–water partition coefficient (Wildman–Crippen LogP) is 3.36. The van der Waals surface area contributed by atoms with Gasteiger partial charge in [-0.15, -0.1) is 0 Å². The van der Waals surface area contributed by atoms with Crippen LogP contribution >= 0.6 is 0 Å². The molecule has 3 N–H and O–H groups in total. The first-order chi connectivity index (χ1) is 8.99. The molecule has 0 unspecified atom stereocenters. The molecular weight excluding hydrogens is 234 g/mol. The highest BCUT2D eigenvalue weighted by Gasteiger charge is 2.11. The highest BCUT2D eigenvalue weighted by molar-refractivity contribution is 6.01. The summed E-state index contributed by atoms with van der Waals surface area (Å²) in [6.45, 7) is 4.17. The minimum atomic E-state index is 0.0897. The van der Waals surface area contributed by atoms with Crippen LogP contribution in [0, 0.1) is 19.3 Å². The van der Waals surface area contributed by atoms with Crippen molar-refractivity contribution in [1.29, 1.82) is 5.41 Å². The van der Waals surface area contributed by atoms with Crippen LogP contribution in [0.1, 0.15) is 16.7 Å². The molecule has 98 valence electrons. The van der Waals surface area contributed by atoms with Crippen LogP contribution in [-0.2, 0) is 0 Å². The van der Waals surface area contributed by atoms with Crippen molar-refractivity contribution in [3.05, 3.63) is 59.2 Å². The lowest BCUT2D eigenvalue weighted by molar-refractivity contribution is 1.18. The number of nitrogens with one attached hydrogen (secondary N) is 1. The Morgan fingerprint density at radius 2 is 1.63 bits per heavy atom. The Labute approximate surface area is 114 Å². The summed E-state index contributed by atoms with van der Waals surface area (Å²) in [5, 5.41) is 7.67. The van der Waals surface area contributed by atoms with Crippen molar-refractivity contribution >= 4 is 17.2 Å². The fourth-order valence-electron chi connectivity index (χ4n) is 2.28. The van der Waals surface area contributed by atoms with Gasteiger partial charge in [-0.2, -0.15) is 0 Å². The molecule has 2 aromatic carbocycles. The monoisotopic (exact) mass is 253 g/mol. The molecular formula is C16H19N3. The number of hydrogen-bond acceptors (Lipinski definition) is 2. The van der Waals surface area contributed by atoms with E-state index in [1.54, 1.807) is 0 Å². The van der Waals surface area contributed by atoms with Crippen LogP contribution in [0.5, 0.6) is 0 Å². The molecule has 0 fully saturated rings. The fraction of sp³-hybridized carbons (Fsp3) is 0.188. The van der Waals surface area contributed by atoms with Gasteiger partial charge in [0.05, 0.1) is 5.69 Å². The normalized spacial score (nSPS) is 10.3. The van der Waals surface area contributed by atoms with Crippen LogP contribution in [0.3, 0.4) is 0 Å². The third-order valence-electron chi connectivity index (χ3n) is 3.15. The molecule has 2 rings (SSSR count). The second-order valence-electron chi connectivity index (χ2n) is 4.84. The van der Waals surface area contributed by atoms with E-state index in [0.29, 0.717) is 0 Å². The Hall–Kier alpha value is -2.29. The molecule has 0 aliphatic carbocycles. The smallest absolute Gasteiger partial charge is 0.124 e. The maximum Gasteiger partial charge on any atom is 0.124 e. The molecule has 3 nitrogen and oxygen atoms in total. The molecule has 0 saturated heterocycles. The van der Waals surface area contributed by atoms with Crippen molar-refractivity contribution in [2.75, 3.05) is 11.9 Å². The van der Waals surface area contributed by atoms with Gasteiger partial charge in [-0.05, 0) is 49.2 Å². The van der Waals surface area contributed by atoms with Gasteiger partial charge in [0, 0.05) is 18.3 Å². The minimum Gasteiger partial charge on any atom is -0.384 e. The molecule has 0 amide bonds. The summed E-state index contributed by atoms with van der Waals surface area (Å²) in [5.74, 6) is 0.0897. The molecule has 0 bridgehead atoms. The zero-order chi connectivity index (χ0) is 14.0. The Bertz CT molecular complexity index is 597. The van der Waals surface area contributed by atoms with E-state index in [1.165, 1.54) is 11.1 Å². The molecule has 19 heavy (non-hydrogen) atoms. The summed E-state index contributed by atoms with van der Waals surface area (Å²) >= 11 is 0. The molecule has 0 aliphatic heterocycles. The largest absolute Gasteiger partial charge is 0.384 e. The second-order valence-corrected chi connectivity index (χ2v) is 4.84. The Morgan fingerprint density at radius 3 is 2.21 bits per heavy atom. The average Bonchev–Trinajstić information content (AvgIpc) is 2.36. The van der Waals surface area contributed by atoms with E-state index in [0.717, 1.165) is 16.9 Å². The first-order valence-electron chi connectivity index (χ1n) is 6.24. The van der Waals surface area contributed by atoms with E-state index in [2.05, 4.69) is 36.9 Å². The number of benzene rings is 2. The van der Waals surface area contributed by atoms with Crippen molar-refractivity contribution in [3.8, 4) is 0 Å². The van der Waals surface area contributed by atoms with Crippen molar-refractivity contribution in [2.45, 2.75) is 13.8 Å². The lowest BCUT2D eigenvalue weighted by Crippen LogP contribution is -2.18. The van der Waals surface area contributed by atoms with Gasteiger partial charge >= 0.3 is 0 Å². The summed E-state index contributed by atoms with van der Waals surface area (Å²) < 4.78 is 0. The van der Waals surface area contributed by atoms with Gasteiger partial charge in [0.25, 0.3) is 0 Å². The number of nitrogens with two attached hydrogens (primary N) is 1. The van der Waals surface area contributed by atoms with Gasteiger partial charge in [0.2, 0.25) is 0 Å². The highest BCUT2D eigenvalue weighted by atomic mass is 15.1. The molecule has 0 radical (unpaired) electrons. The highest BCUT2D eigenvalue weighted by Crippen LogP contribution is 2.28. The first kappa shape index (κ1) is 13.1. The molecule has 0 saturated carbocycles. The lowest BCUT2D eigenvalue weighted by atomic mass is 10.1. The zero-order valence-electron chi connectivity index (χ0n) is 11.6. The van der Waals surface area contributed by atoms with Gasteiger partial charge < -0.3 is 10.6 Å². The number of aryl methyl sites for hydroxylation is 2. The average molecular weight is 253 g/mol. The van der Waals surface area contributed by atoms with Gasteiger partial charge in [0.15, 0.2) is 0 Å². The quantitative estimate of drug-likeness (QED) is 0.651. The molecule has 0 aromatic heterocycles. The molecule has 0 aliphatic rings. The maximum atomic E-state index is 7.67. The van der Waals surface area contributed by atoms with Crippen molar-refractivity contribution < 1.29 is 0 Å². The third-order valence-corrected chi connectivity index (χ3v) is 3.15. The molecule has 0 heterocycles. The number of nitrogens with zero attached hydrogens (tertiary/aromatic N) is 1. The van der Waals surface area contributed by atoms with E-state index >= 15 is 0 Å². The van der Waals surface area contributed by atoms with Gasteiger partial charge in [-0.1, -0.05) is 18.2 Å². The van der Waals surface area contributed by atoms with Crippen LogP contribution in [-0.4, -0.2) is 12.9 Å². The predicted molar refractivity (Wildman–Crippen MR) is 81.4 cm³/mol. The second kappa shape index (κ2) is 5.14. The molecule has 3 heteroatoms. The number of nitrogen functional groups attached to an aromatic ring is 1. The van der Waals surface area contributed by atoms with Crippen LogP contribution in [0.2, 0.25) is 0 Å². The van der Waals surface area contributed by atoms with E-state index < -0.39 is 0 Å². The van der Waals surface area contributed by atoms with Gasteiger partial charge in [0.1, 0.15) is 5.84 Å². The van der Waals surface area contributed by atoms with Crippen LogP contribution in [0.15, 0.2) is 42.5 Å². The van der Waals surface area contributed by atoms with Crippen LogP contribution in [0.25, 0.3) is 0 Å². The zero-order valence-corrected chi connectivity index (χ0v) is 11.6. The standard InChI is InChI=1S/C16H19N3/c1-11-8-12(2)10-13(9-11)19(3)15-7-5-4-6-14(15)16(17)18/h4-10H,1-3H3,(H3,17,18). The lowest BCUT2D eigenvalue weighted by Gasteiger charge is -2.23. The Kier molecular flexibility index (Phi) is 3.56. The van der Waals surface area contributed by atoms with E-state index in [1.807, 2.05) is 31.3 Å². The van der Waals surface area contributed by atoms with Gasteiger partial charge in [-0.3, -0.25) is 5.41 Å². The first-order valence-corrected chi connectivity index (χ1v) is 6.24. The van der Waals surface area contributed by atoms with Crippen molar-refractivity contribution in [2.24, 2.45) is 5.73 Å². The SMILES string of the molecule is Cc1cc(C)cc(N(C)c2ccccc2C(=N)N)c1. The van der Waals surface area contributed by atoms with E-state index in [9.17, 15) is 0 Å². The van der Waals surface area contributed by atoms with E-state index in [4.69, 9.17) is 11.1 Å². The topological polar surface area (TPSA) is 53.1 Å². The van der Waals surface area contributed by atoms with Crippen LogP contribution < -0.4 is 10.6 Å². The van der Waals surface area contributed by atoms with Gasteiger partial charge in [-0.25, -0.2) is 0 Å². The number of para-hydroxylation sites is 1. The number of amidine groups is 1. The number of rotatable bonds is 3. The summed E-state index contributed by atoms with van der Waals surface area (Å²) in [4.78, 5) is 2.07. The van der Waals surface area contributed by atoms with Crippen molar-refractivity contribution in [1.82, 2.24) is 0 Å². The number of anilines is 2. The third kappa shape index (κ3) is 2.76.